The lowest BCUT2D eigenvalue weighted by molar-refractivity contribution is -0.384. The van der Waals surface area contributed by atoms with Gasteiger partial charge in [-0.3, -0.25) is 29.4 Å². The maximum Gasteiger partial charge on any atom is 0.421 e. The molecule has 7 aromatic carbocycles. The summed E-state index contributed by atoms with van der Waals surface area (Å²) in [6.07, 6.45) is -1.69. The first-order valence-corrected chi connectivity index (χ1v) is 26.0. The summed E-state index contributed by atoms with van der Waals surface area (Å²) in [4.78, 5) is 80.1. The number of benzene rings is 7. The Morgan fingerprint density at radius 1 is 0.725 bits per heavy atom. The van der Waals surface area contributed by atoms with Crippen LogP contribution in [0.2, 0.25) is 0 Å². The fourth-order valence-electron chi connectivity index (χ4n) is 11.9. The zero-order valence-electron chi connectivity index (χ0n) is 43.9. The van der Waals surface area contributed by atoms with E-state index in [0.29, 0.717) is 62.8 Å². The van der Waals surface area contributed by atoms with E-state index < -0.39 is 64.4 Å². The first-order valence-electron chi connectivity index (χ1n) is 26.0. The maximum atomic E-state index is 17.0. The van der Waals surface area contributed by atoms with Crippen LogP contribution in [0.5, 0.6) is 23.0 Å². The second-order valence-corrected chi connectivity index (χ2v) is 19.7. The van der Waals surface area contributed by atoms with Crippen molar-refractivity contribution in [1.82, 2.24) is 9.80 Å². The number of imide groups is 1. The van der Waals surface area contributed by atoms with Crippen LogP contribution in [0.4, 0.5) is 16.2 Å². The molecule has 404 valence electrons. The number of amides is 3. The number of carbonyl (C=O) groups is 4. The Hall–Kier alpha value is -9.50. The monoisotopic (exact) mass is 1070 g/mol. The van der Waals surface area contributed by atoms with Gasteiger partial charge in [0.2, 0.25) is 11.8 Å². The second kappa shape index (κ2) is 22.1. The summed E-state index contributed by atoms with van der Waals surface area (Å²) in [5.74, 6) is 4.74. The normalized spacial score (nSPS) is 20.8. The van der Waals surface area contributed by atoms with Crippen LogP contribution in [-0.4, -0.2) is 90.8 Å². The van der Waals surface area contributed by atoms with Gasteiger partial charge in [-0.05, 0) is 124 Å². The molecule has 0 aromatic heterocycles. The molecule has 0 radical (unpaired) electrons. The Morgan fingerprint density at radius 2 is 1.36 bits per heavy atom. The van der Waals surface area contributed by atoms with Gasteiger partial charge in [-0.25, -0.2) is 9.69 Å². The highest BCUT2D eigenvalue weighted by Gasteiger charge is 2.76. The molecule has 0 saturated carbocycles. The number of hydrogen-bond acceptors (Lipinski definition) is 14. The fourth-order valence-corrected chi connectivity index (χ4v) is 11.9. The number of morpholine rings is 1. The van der Waals surface area contributed by atoms with Crippen molar-refractivity contribution in [3.05, 3.63) is 224 Å². The molecule has 4 aliphatic heterocycles. The number of aliphatic hydroxyl groups excluding tert-OH is 1. The molecular formula is C63H54N4O13. The fraction of sp³-hybridized carbons (Fsp3) is 0.238. The van der Waals surface area contributed by atoms with E-state index in [9.17, 15) is 15.2 Å². The van der Waals surface area contributed by atoms with Crippen LogP contribution < -0.4 is 23.8 Å². The van der Waals surface area contributed by atoms with Crippen molar-refractivity contribution in [3.8, 4) is 34.8 Å². The van der Waals surface area contributed by atoms with E-state index in [1.807, 2.05) is 77.7 Å². The standard InChI is InChI=1S/C63H54N4O13/c1-75-48-25-18-39(19-26-48)14-15-40-20-29-51-50(34-40)63(61(71)65(51)62(72)79-38-41-16-23-47(24-17-41)67(73)74)54(59(69)64-31-30-45-35-52(76-2)53(77-3)36-46(45)37-64)56-60(70)80-57(43-12-8-5-9-13-43)55(42-10-6-4-7-11-42)66(56)58(63)44-21-27-49(28-22-44)78-33-32-68/h4-13,16-29,34-36,54-58,68H,30-33,37-38H2,1-3H3. The predicted octanol–water partition coefficient (Wildman–Crippen LogP) is 8.98. The number of anilines is 1. The third-order valence-corrected chi connectivity index (χ3v) is 15.4. The molecule has 17 nitrogen and oxygen atoms in total. The van der Waals surface area contributed by atoms with Crippen molar-refractivity contribution < 1.29 is 57.6 Å². The summed E-state index contributed by atoms with van der Waals surface area (Å²) in [6, 6.07) is 43.5. The zero-order valence-corrected chi connectivity index (χ0v) is 43.9. The quantitative estimate of drug-likeness (QED) is 0.0497. The highest BCUT2D eigenvalue weighted by molar-refractivity contribution is 6.23. The summed E-state index contributed by atoms with van der Waals surface area (Å²) in [6.45, 7) is -0.386. The van der Waals surface area contributed by atoms with Gasteiger partial charge in [-0.1, -0.05) is 84.6 Å². The van der Waals surface area contributed by atoms with Gasteiger partial charge in [0.15, 0.2) is 11.5 Å². The highest BCUT2D eigenvalue weighted by atomic mass is 16.6. The van der Waals surface area contributed by atoms with Gasteiger partial charge >= 0.3 is 12.1 Å². The van der Waals surface area contributed by atoms with E-state index >= 15 is 19.2 Å². The number of non-ortho nitro benzene ring substituents is 1. The van der Waals surface area contributed by atoms with Crippen molar-refractivity contribution in [1.29, 1.82) is 0 Å². The van der Waals surface area contributed by atoms with Crippen LogP contribution >= 0.6 is 0 Å². The summed E-state index contributed by atoms with van der Waals surface area (Å²) in [5, 5.41) is 21.3. The Balaban J connectivity index is 1.17. The molecular weight excluding hydrogens is 1020 g/mol. The number of nitro groups is 1. The van der Waals surface area contributed by atoms with Crippen LogP contribution in [0, 0.1) is 27.9 Å². The first kappa shape index (κ1) is 52.5. The number of nitro benzene ring substituents is 1. The van der Waals surface area contributed by atoms with Crippen LogP contribution in [0.1, 0.15) is 68.3 Å². The number of methoxy groups -OCH3 is 3. The number of aliphatic hydroxyl groups is 1. The van der Waals surface area contributed by atoms with Gasteiger partial charge in [-0.15, -0.1) is 0 Å². The van der Waals surface area contributed by atoms with Gasteiger partial charge in [0.25, 0.3) is 5.69 Å². The number of cyclic esters (lactones) is 1. The molecule has 3 amide bonds. The molecule has 0 aliphatic carbocycles. The molecule has 80 heavy (non-hydrogen) atoms. The van der Waals surface area contributed by atoms with Crippen molar-refractivity contribution in [3.63, 3.8) is 0 Å². The minimum absolute atomic E-state index is 0.00106. The second-order valence-electron chi connectivity index (χ2n) is 19.7. The molecule has 11 rings (SSSR count). The topological polar surface area (TPSA) is 197 Å². The highest BCUT2D eigenvalue weighted by Crippen LogP contribution is 2.66. The van der Waals surface area contributed by atoms with Gasteiger partial charge in [-0.2, -0.15) is 0 Å². The minimum Gasteiger partial charge on any atom is -0.497 e. The number of carbonyl (C=O) groups excluding carboxylic acids is 4. The van der Waals surface area contributed by atoms with E-state index in [1.165, 1.54) is 31.4 Å². The molecule has 7 aromatic rings. The van der Waals surface area contributed by atoms with Gasteiger partial charge in [0.1, 0.15) is 42.3 Å². The lowest BCUT2D eigenvalue weighted by Gasteiger charge is -2.46. The van der Waals surface area contributed by atoms with E-state index in [4.69, 9.17) is 28.4 Å². The number of nitrogens with zero attached hydrogens (tertiary/aromatic N) is 4. The van der Waals surface area contributed by atoms with Gasteiger partial charge in [0.05, 0.1) is 56.5 Å². The van der Waals surface area contributed by atoms with E-state index in [-0.39, 0.29) is 49.8 Å². The molecule has 4 heterocycles. The SMILES string of the molecule is COc1ccc(C#Cc2ccc3c(c2)C2(C(=O)N3C(=O)OCc3ccc([N+](=O)[O-])cc3)C(C(=O)N3CCc4cc(OC)c(OC)cc4C3)C3C(=O)OC(c4ccccc4)C(c4ccccc4)N3C2c2ccc(OCCO)cc2)cc1. The molecule has 6 atom stereocenters. The third-order valence-electron chi connectivity index (χ3n) is 15.4. The number of rotatable bonds is 13. The van der Waals surface area contributed by atoms with E-state index in [2.05, 4.69) is 11.8 Å². The number of hydrogen-bond donors (Lipinski definition) is 1. The Labute approximate surface area is 460 Å². The molecule has 1 N–H and O–H groups in total. The summed E-state index contributed by atoms with van der Waals surface area (Å²) < 4.78 is 35.3. The number of esters is 1. The summed E-state index contributed by atoms with van der Waals surface area (Å²) >= 11 is 0. The van der Waals surface area contributed by atoms with E-state index in [1.54, 1.807) is 85.8 Å². The van der Waals surface area contributed by atoms with Crippen LogP contribution in [0.3, 0.4) is 0 Å². The van der Waals surface area contributed by atoms with Crippen molar-refractivity contribution in [2.75, 3.05) is 46.0 Å². The van der Waals surface area contributed by atoms with Gasteiger partial charge < -0.3 is 38.4 Å². The summed E-state index contributed by atoms with van der Waals surface area (Å²) in [5.41, 5.74) is 3.04. The largest absolute Gasteiger partial charge is 0.497 e. The molecule has 2 saturated heterocycles. The Morgan fingerprint density at radius 3 is 2.01 bits per heavy atom. The zero-order chi connectivity index (χ0) is 55.7. The Kier molecular flexibility index (Phi) is 14.5. The molecule has 2 fully saturated rings. The van der Waals surface area contributed by atoms with Crippen LogP contribution in [0.15, 0.2) is 164 Å². The van der Waals surface area contributed by atoms with Crippen molar-refractivity contribution >= 4 is 35.3 Å². The van der Waals surface area contributed by atoms with Crippen LogP contribution in [-0.2, 0) is 48.8 Å². The molecule has 0 bridgehead atoms. The predicted molar refractivity (Wildman–Crippen MR) is 292 cm³/mol. The molecule has 17 heteroatoms. The smallest absolute Gasteiger partial charge is 0.421 e. The van der Waals surface area contributed by atoms with Crippen LogP contribution in [0.25, 0.3) is 0 Å². The molecule has 4 aliphatic rings. The average Bonchev–Trinajstić information content (AvgIpc) is 1.93. The third kappa shape index (κ3) is 9.37. The molecule has 6 unspecified atom stereocenters. The number of fused-ring (bicyclic) bond motifs is 4. The maximum absolute atomic E-state index is 17.0. The Bertz CT molecular complexity index is 3570. The lowest BCUT2D eigenvalue weighted by Crippen LogP contribution is -2.57. The number of ether oxygens (including phenoxy) is 6. The average molecular weight is 1080 g/mol. The van der Waals surface area contributed by atoms with Crippen molar-refractivity contribution in [2.24, 2.45) is 5.92 Å². The van der Waals surface area contributed by atoms with Gasteiger partial charge in [0, 0.05) is 36.3 Å². The molecule has 1 spiro atoms. The summed E-state index contributed by atoms with van der Waals surface area (Å²) in [7, 11) is 4.65. The van der Waals surface area contributed by atoms with Crippen molar-refractivity contribution in [2.45, 2.75) is 49.2 Å². The lowest BCUT2D eigenvalue weighted by atomic mass is 9.64. The first-order chi connectivity index (χ1) is 39.0. The minimum atomic E-state index is -2.15. The van der Waals surface area contributed by atoms with E-state index in [0.717, 1.165) is 16.0 Å².